The number of ether oxygens (including phenoxy) is 2. The van der Waals surface area contributed by atoms with E-state index in [0.717, 1.165) is 16.6 Å². The molecule has 1 heterocycles. The van der Waals surface area contributed by atoms with Gasteiger partial charge in [0, 0.05) is 16.8 Å². The maximum atomic E-state index is 14.3. The van der Waals surface area contributed by atoms with Gasteiger partial charge in [-0.05, 0) is 76.1 Å². The number of hydrogen-bond acceptors (Lipinski definition) is 6. The molecule has 0 bridgehead atoms. The molecule has 0 saturated carbocycles. The second-order valence-electron chi connectivity index (χ2n) is 10.5. The molecule has 1 aromatic heterocycles. The van der Waals surface area contributed by atoms with Crippen molar-refractivity contribution in [3.05, 3.63) is 77.4 Å². The minimum atomic E-state index is -1.07. The molecule has 2 amide bonds. The number of amides is 2. The average molecular weight is 530 g/mol. The molecule has 4 aromatic rings. The molecule has 0 spiro atoms. The van der Waals surface area contributed by atoms with Crippen molar-refractivity contribution in [3.63, 3.8) is 0 Å². The molecule has 204 valence electrons. The lowest BCUT2D eigenvalue weighted by atomic mass is 9.98. The summed E-state index contributed by atoms with van der Waals surface area (Å²) in [7, 11) is 3.05. The fourth-order valence-corrected chi connectivity index (χ4v) is 4.51. The Morgan fingerprint density at radius 3 is 2.38 bits per heavy atom. The highest BCUT2D eigenvalue weighted by Gasteiger charge is 2.37. The molecular weight excluding hydrogens is 494 g/mol. The lowest BCUT2D eigenvalue weighted by molar-refractivity contribution is -0.128. The number of anilines is 1. The van der Waals surface area contributed by atoms with Gasteiger partial charge in [-0.3, -0.25) is 14.5 Å². The first-order valence-corrected chi connectivity index (χ1v) is 12.7. The van der Waals surface area contributed by atoms with E-state index in [9.17, 15) is 9.59 Å². The van der Waals surface area contributed by atoms with Crippen LogP contribution in [0.15, 0.2) is 60.7 Å². The van der Waals surface area contributed by atoms with Crippen molar-refractivity contribution in [2.75, 3.05) is 19.1 Å². The number of nitrogens with zero attached hydrogens (tertiary/aromatic N) is 4. The molecule has 0 saturated heterocycles. The normalized spacial score (nSPS) is 12.2. The van der Waals surface area contributed by atoms with Crippen molar-refractivity contribution in [2.24, 2.45) is 0 Å². The van der Waals surface area contributed by atoms with Gasteiger partial charge in [-0.15, -0.1) is 5.10 Å². The molecule has 1 N–H and O–H groups in total. The van der Waals surface area contributed by atoms with E-state index in [4.69, 9.17) is 9.47 Å². The van der Waals surface area contributed by atoms with Crippen LogP contribution in [0.25, 0.3) is 11.0 Å². The van der Waals surface area contributed by atoms with Crippen LogP contribution < -0.4 is 19.7 Å². The Kier molecular flexibility index (Phi) is 7.90. The number of methoxy groups -OCH3 is 2. The number of rotatable bonds is 8. The van der Waals surface area contributed by atoms with E-state index in [0.29, 0.717) is 28.3 Å². The minimum Gasteiger partial charge on any atom is -0.493 e. The van der Waals surface area contributed by atoms with Crippen LogP contribution in [0.1, 0.15) is 43.5 Å². The first-order chi connectivity index (χ1) is 18.5. The van der Waals surface area contributed by atoms with E-state index in [1.807, 2.05) is 77.1 Å². The van der Waals surface area contributed by atoms with Crippen LogP contribution in [0, 0.1) is 13.8 Å². The van der Waals surface area contributed by atoms with E-state index in [2.05, 4.69) is 15.6 Å². The molecule has 9 nitrogen and oxygen atoms in total. The zero-order valence-corrected chi connectivity index (χ0v) is 23.5. The number of nitrogens with one attached hydrogen (secondary N) is 1. The lowest BCUT2D eigenvalue weighted by Crippen LogP contribution is -2.50. The van der Waals surface area contributed by atoms with Gasteiger partial charge in [0.15, 0.2) is 11.5 Å². The molecular formula is C30H35N5O4. The van der Waals surface area contributed by atoms with Crippen molar-refractivity contribution >= 4 is 28.5 Å². The molecule has 9 heteroatoms. The van der Waals surface area contributed by atoms with Gasteiger partial charge in [-0.2, -0.15) is 0 Å². The highest BCUT2D eigenvalue weighted by molar-refractivity contribution is 6.02. The van der Waals surface area contributed by atoms with Crippen LogP contribution in [-0.2, 0) is 16.1 Å². The first kappa shape index (κ1) is 27.6. The van der Waals surface area contributed by atoms with Crippen LogP contribution in [0.4, 0.5) is 5.69 Å². The van der Waals surface area contributed by atoms with Gasteiger partial charge in [-0.1, -0.05) is 35.5 Å². The molecule has 39 heavy (non-hydrogen) atoms. The Hall–Kier alpha value is -4.40. The third-order valence-electron chi connectivity index (χ3n) is 6.48. The number of aryl methyl sites for hydroxylation is 2. The van der Waals surface area contributed by atoms with Gasteiger partial charge >= 0.3 is 0 Å². The largest absolute Gasteiger partial charge is 0.493 e. The quantitative estimate of drug-likeness (QED) is 0.354. The van der Waals surface area contributed by atoms with Gasteiger partial charge in [0.25, 0.3) is 0 Å². The molecule has 4 rings (SSSR count). The predicted molar refractivity (Wildman–Crippen MR) is 151 cm³/mol. The van der Waals surface area contributed by atoms with Crippen LogP contribution in [0.5, 0.6) is 11.5 Å². The van der Waals surface area contributed by atoms with Crippen molar-refractivity contribution in [1.82, 2.24) is 20.3 Å². The van der Waals surface area contributed by atoms with Crippen LogP contribution in [0.3, 0.4) is 0 Å². The zero-order valence-electron chi connectivity index (χ0n) is 23.5. The summed E-state index contributed by atoms with van der Waals surface area (Å²) in [4.78, 5) is 29.9. The van der Waals surface area contributed by atoms with Gasteiger partial charge in [-0.25, -0.2) is 4.68 Å². The third-order valence-corrected chi connectivity index (χ3v) is 6.48. The summed E-state index contributed by atoms with van der Waals surface area (Å²) in [6.07, 6.45) is 0. The van der Waals surface area contributed by atoms with E-state index < -0.39 is 11.6 Å². The first-order valence-electron chi connectivity index (χ1n) is 12.7. The number of para-hydroxylation sites is 2. The summed E-state index contributed by atoms with van der Waals surface area (Å²) >= 11 is 0. The third kappa shape index (κ3) is 5.87. The average Bonchev–Trinajstić information content (AvgIpc) is 3.29. The number of hydrogen-bond donors (Lipinski definition) is 1. The van der Waals surface area contributed by atoms with Crippen LogP contribution >= 0.6 is 0 Å². The SMILES string of the molecule is COc1cccc([C@@H](C(=O)NC(C)(C)C)N(C(=O)Cn2nnc3ccccc32)c2ccc(C)c(C)c2)c1OC. The smallest absolute Gasteiger partial charge is 0.249 e. The Bertz CT molecular complexity index is 1510. The maximum absolute atomic E-state index is 14.3. The molecule has 3 aromatic carbocycles. The van der Waals surface area contributed by atoms with Crippen LogP contribution in [-0.4, -0.2) is 46.6 Å². The Labute approximate surface area is 228 Å². The second kappa shape index (κ2) is 11.1. The molecule has 0 radical (unpaired) electrons. The highest BCUT2D eigenvalue weighted by atomic mass is 16.5. The number of carbonyl (C=O) groups excluding carboxylic acids is 2. The van der Waals surface area contributed by atoms with E-state index in [-0.39, 0.29) is 18.4 Å². The van der Waals surface area contributed by atoms with Gasteiger partial charge in [0.05, 0.1) is 19.7 Å². The second-order valence-corrected chi connectivity index (χ2v) is 10.5. The van der Waals surface area contributed by atoms with E-state index in [1.165, 1.54) is 19.1 Å². The number of benzene rings is 3. The molecule has 0 aliphatic rings. The fraction of sp³-hybridized carbons (Fsp3) is 0.333. The van der Waals surface area contributed by atoms with E-state index >= 15 is 0 Å². The molecule has 0 aliphatic heterocycles. The van der Waals surface area contributed by atoms with Crippen molar-refractivity contribution in [1.29, 1.82) is 0 Å². The summed E-state index contributed by atoms with van der Waals surface area (Å²) in [5.41, 5.74) is 3.98. The van der Waals surface area contributed by atoms with Crippen molar-refractivity contribution in [2.45, 2.75) is 52.7 Å². The number of fused-ring (bicyclic) bond motifs is 1. The summed E-state index contributed by atoms with van der Waals surface area (Å²) in [6, 6.07) is 17.4. The molecule has 0 fully saturated rings. The number of aromatic nitrogens is 3. The van der Waals surface area contributed by atoms with Gasteiger partial charge in [0.2, 0.25) is 11.8 Å². The lowest BCUT2D eigenvalue weighted by Gasteiger charge is -2.34. The maximum Gasteiger partial charge on any atom is 0.249 e. The molecule has 0 aliphatic carbocycles. The summed E-state index contributed by atoms with van der Waals surface area (Å²) < 4.78 is 12.8. The Morgan fingerprint density at radius 2 is 1.72 bits per heavy atom. The standard InChI is InChI=1S/C30H35N5O4/c1-19-15-16-21(17-20(19)2)35(26(36)18-34-24-13-9-8-12-23(24)32-33-34)27(29(37)31-30(3,4)5)22-11-10-14-25(38-6)28(22)39-7/h8-17,27H,18H2,1-7H3,(H,31,37)/t27-/m0/s1. The summed E-state index contributed by atoms with van der Waals surface area (Å²) in [5.74, 6) is 0.136. The zero-order chi connectivity index (χ0) is 28.3. The monoisotopic (exact) mass is 529 g/mol. The Morgan fingerprint density at radius 1 is 0.974 bits per heavy atom. The summed E-state index contributed by atoms with van der Waals surface area (Å²) in [5, 5.41) is 11.5. The van der Waals surface area contributed by atoms with Crippen molar-refractivity contribution < 1.29 is 19.1 Å². The van der Waals surface area contributed by atoms with Crippen LogP contribution in [0.2, 0.25) is 0 Å². The van der Waals surface area contributed by atoms with Gasteiger partial charge < -0.3 is 14.8 Å². The summed E-state index contributed by atoms with van der Waals surface area (Å²) in [6.45, 7) is 9.54. The number of carbonyl (C=O) groups is 2. The van der Waals surface area contributed by atoms with Gasteiger partial charge in [0.1, 0.15) is 18.1 Å². The van der Waals surface area contributed by atoms with E-state index in [1.54, 1.807) is 22.9 Å². The molecule has 0 unspecified atom stereocenters. The topological polar surface area (TPSA) is 98.6 Å². The predicted octanol–water partition coefficient (Wildman–Crippen LogP) is 4.75. The molecule has 1 atom stereocenters. The fourth-order valence-electron chi connectivity index (χ4n) is 4.51. The minimum absolute atomic E-state index is 0.126. The highest BCUT2D eigenvalue weighted by Crippen LogP contribution is 2.39. The Balaban J connectivity index is 1.92. The van der Waals surface area contributed by atoms with Crippen molar-refractivity contribution in [3.8, 4) is 11.5 Å².